The van der Waals surface area contributed by atoms with Crippen LogP contribution < -0.4 is 14.9 Å². The highest BCUT2D eigenvalue weighted by Crippen LogP contribution is 2.32. The summed E-state index contributed by atoms with van der Waals surface area (Å²) in [5, 5.41) is 4.26. The molecule has 0 saturated heterocycles. The van der Waals surface area contributed by atoms with E-state index in [0.29, 0.717) is 21.4 Å². The largest absolute Gasteiger partial charge is 0.454 e. The van der Waals surface area contributed by atoms with E-state index in [4.69, 9.17) is 21.1 Å². The number of amides is 1. The first-order valence-corrected chi connectivity index (χ1v) is 8.39. The quantitative estimate of drug-likeness (QED) is 0.653. The van der Waals surface area contributed by atoms with Crippen LogP contribution in [0.15, 0.2) is 35.4 Å². The van der Waals surface area contributed by atoms with Gasteiger partial charge in [0.25, 0.3) is 5.91 Å². The van der Waals surface area contributed by atoms with E-state index in [-0.39, 0.29) is 12.7 Å². The maximum Gasteiger partial charge on any atom is 0.271 e. The molecule has 0 spiro atoms. The number of thiophene rings is 1. The molecule has 2 heterocycles. The number of hydrazone groups is 1. The zero-order valence-corrected chi connectivity index (χ0v) is 14.0. The summed E-state index contributed by atoms with van der Waals surface area (Å²) in [5.41, 5.74) is 3.89. The molecule has 0 bridgehead atoms. The van der Waals surface area contributed by atoms with Crippen LogP contribution in [0.5, 0.6) is 11.5 Å². The van der Waals surface area contributed by atoms with Crippen molar-refractivity contribution >= 4 is 34.6 Å². The third kappa shape index (κ3) is 3.65. The first kappa shape index (κ1) is 15.8. The molecule has 1 aromatic heterocycles. The number of benzene rings is 1. The lowest BCUT2D eigenvalue weighted by atomic mass is 10.2. The van der Waals surface area contributed by atoms with Crippen molar-refractivity contribution in [2.75, 3.05) is 6.79 Å². The molecule has 5 nitrogen and oxygen atoms in total. The van der Waals surface area contributed by atoms with Crippen molar-refractivity contribution in [3.63, 3.8) is 0 Å². The van der Waals surface area contributed by atoms with Crippen molar-refractivity contribution < 1.29 is 14.3 Å². The molecule has 23 heavy (non-hydrogen) atoms. The minimum atomic E-state index is -0.292. The Morgan fingerprint density at radius 1 is 1.30 bits per heavy atom. The Kier molecular flexibility index (Phi) is 4.83. The molecule has 1 amide bonds. The summed E-state index contributed by atoms with van der Waals surface area (Å²) in [7, 11) is 0. The lowest BCUT2D eigenvalue weighted by Gasteiger charge is -2.05. The topological polar surface area (TPSA) is 59.9 Å². The van der Waals surface area contributed by atoms with Crippen LogP contribution >= 0.6 is 22.9 Å². The van der Waals surface area contributed by atoms with Gasteiger partial charge in [0.15, 0.2) is 11.5 Å². The summed E-state index contributed by atoms with van der Waals surface area (Å²) in [5.74, 6) is 0.921. The van der Waals surface area contributed by atoms with Crippen LogP contribution in [0, 0.1) is 0 Å². The highest BCUT2D eigenvalue weighted by Gasteiger charge is 2.16. The first-order valence-electron chi connectivity index (χ1n) is 7.19. The minimum absolute atomic E-state index is 0.179. The monoisotopic (exact) mass is 350 g/mol. The number of carbonyl (C=O) groups excluding carboxylic acids is 1. The van der Waals surface area contributed by atoms with Crippen molar-refractivity contribution in [1.82, 2.24) is 5.43 Å². The van der Waals surface area contributed by atoms with Gasteiger partial charge in [0.05, 0.1) is 14.9 Å². The molecule has 1 N–H and O–H groups in total. The Labute approximate surface area is 142 Å². The highest BCUT2D eigenvalue weighted by molar-refractivity contribution is 7.18. The summed E-state index contributed by atoms with van der Waals surface area (Å²) < 4.78 is 11.2. The van der Waals surface area contributed by atoms with Crippen LogP contribution in [0.1, 0.15) is 35.0 Å². The van der Waals surface area contributed by atoms with Gasteiger partial charge in [-0.15, -0.1) is 11.3 Å². The molecule has 1 aromatic carbocycles. The predicted molar refractivity (Wildman–Crippen MR) is 90.8 cm³/mol. The molecule has 7 heteroatoms. The van der Waals surface area contributed by atoms with E-state index in [0.717, 1.165) is 23.4 Å². The molecule has 0 aliphatic carbocycles. The van der Waals surface area contributed by atoms with E-state index in [1.54, 1.807) is 18.2 Å². The summed E-state index contributed by atoms with van der Waals surface area (Å²) in [6.07, 6.45) is 1.69. The highest BCUT2D eigenvalue weighted by atomic mass is 35.5. The predicted octanol–water partition coefficient (Wildman–Crippen LogP) is 4.06. The molecular weight excluding hydrogens is 336 g/mol. The molecule has 120 valence electrons. The van der Waals surface area contributed by atoms with Crippen molar-refractivity contribution in [1.29, 1.82) is 0 Å². The molecule has 0 saturated carbocycles. The van der Waals surface area contributed by atoms with E-state index in [2.05, 4.69) is 17.5 Å². The van der Waals surface area contributed by atoms with Crippen molar-refractivity contribution in [2.45, 2.75) is 19.8 Å². The summed E-state index contributed by atoms with van der Waals surface area (Å²) >= 11 is 7.41. The fourth-order valence-corrected chi connectivity index (χ4v) is 3.22. The van der Waals surface area contributed by atoms with Gasteiger partial charge in [-0.1, -0.05) is 24.9 Å². The number of nitrogens with one attached hydrogen (secondary N) is 1. The van der Waals surface area contributed by atoms with E-state index in [1.807, 2.05) is 12.1 Å². The van der Waals surface area contributed by atoms with Crippen LogP contribution in [0.25, 0.3) is 0 Å². The van der Waals surface area contributed by atoms with Gasteiger partial charge < -0.3 is 9.47 Å². The first-order chi connectivity index (χ1) is 11.2. The summed E-state index contributed by atoms with van der Waals surface area (Å²) in [6, 6.07) is 8.78. The zero-order valence-electron chi connectivity index (χ0n) is 12.5. The lowest BCUT2D eigenvalue weighted by molar-refractivity contribution is 0.0954. The molecule has 0 atom stereocenters. The Morgan fingerprint density at radius 2 is 2.13 bits per heavy atom. The van der Waals surface area contributed by atoms with Gasteiger partial charge in [-0.25, -0.2) is 5.43 Å². The lowest BCUT2D eigenvalue weighted by Crippen LogP contribution is -2.19. The third-order valence-electron chi connectivity index (χ3n) is 3.27. The molecule has 1 aliphatic rings. The van der Waals surface area contributed by atoms with E-state index in [1.165, 1.54) is 11.3 Å². The van der Waals surface area contributed by atoms with Crippen LogP contribution in [0.4, 0.5) is 0 Å². The molecule has 0 unspecified atom stereocenters. The average molecular weight is 351 g/mol. The van der Waals surface area contributed by atoms with Gasteiger partial charge in [-0.05, 0) is 36.8 Å². The van der Waals surface area contributed by atoms with Crippen molar-refractivity contribution in [2.24, 2.45) is 5.10 Å². The van der Waals surface area contributed by atoms with Crippen LogP contribution in [-0.4, -0.2) is 18.4 Å². The number of hydrogen-bond acceptors (Lipinski definition) is 5. The second-order valence-electron chi connectivity index (χ2n) is 4.92. The number of rotatable bonds is 5. The smallest absolute Gasteiger partial charge is 0.271 e. The third-order valence-corrected chi connectivity index (χ3v) is 4.55. The van der Waals surface area contributed by atoms with Crippen molar-refractivity contribution in [3.05, 3.63) is 45.1 Å². The Balaban J connectivity index is 1.75. The number of fused-ring (bicyclic) bond motifs is 1. The van der Waals surface area contributed by atoms with E-state index >= 15 is 0 Å². The average Bonchev–Trinajstić information content (AvgIpc) is 3.18. The van der Waals surface area contributed by atoms with Gasteiger partial charge in [0.1, 0.15) is 0 Å². The van der Waals surface area contributed by atoms with Gasteiger partial charge in [0, 0.05) is 5.56 Å². The van der Waals surface area contributed by atoms with Gasteiger partial charge in [-0.3, -0.25) is 4.79 Å². The maximum atomic E-state index is 12.3. The number of carbonyl (C=O) groups is 1. The SMILES string of the molecule is CCC/C(=N\NC(=O)c1ccc2c(c1)OCO2)c1ccc(Cl)s1. The zero-order chi connectivity index (χ0) is 16.2. The van der Waals surface area contributed by atoms with Gasteiger partial charge >= 0.3 is 0 Å². The fourth-order valence-electron chi connectivity index (χ4n) is 2.16. The van der Waals surface area contributed by atoms with E-state index < -0.39 is 0 Å². The number of ether oxygens (including phenoxy) is 2. The van der Waals surface area contributed by atoms with Crippen molar-refractivity contribution in [3.8, 4) is 11.5 Å². The molecule has 0 fully saturated rings. The number of hydrogen-bond donors (Lipinski definition) is 1. The van der Waals surface area contributed by atoms with Crippen LogP contribution in [0.3, 0.4) is 0 Å². The fraction of sp³-hybridized carbons (Fsp3) is 0.250. The Bertz CT molecular complexity index is 758. The standard InChI is InChI=1S/C16H15ClN2O3S/c1-2-3-11(14-6-7-15(17)23-14)18-19-16(20)10-4-5-12-13(8-10)22-9-21-12/h4-8H,2-3,9H2,1H3,(H,19,20)/b18-11+. The molecule has 2 aromatic rings. The summed E-state index contributed by atoms with van der Waals surface area (Å²) in [4.78, 5) is 13.2. The normalized spacial score (nSPS) is 13.2. The number of halogens is 1. The molecule has 1 aliphatic heterocycles. The molecule has 0 radical (unpaired) electrons. The van der Waals surface area contributed by atoms with Gasteiger partial charge in [0.2, 0.25) is 6.79 Å². The maximum absolute atomic E-state index is 12.3. The van der Waals surface area contributed by atoms with Crippen LogP contribution in [-0.2, 0) is 0 Å². The van der Waals surface area contributed by atoms with Crippen LogP contribution in [0.2, 0.25) is 4.34 Å². The van der Waals surface area contributed by atoms with E-state index in [9.17, 15) is 4.79 Å². The second kappa shape index (κ2) is 7.02. The minimum Gasteiger partial charge on any atom is -0.454 e. The summed E-state index contributed by atoms with van der Waals surface area (Å²) in [6.45, 7) is 2.24. The number of nitrogens with zero attached hydrogens (tertiary/aromatic N) is 1. The Hall–Kier alpha value is -2.05. The van der Waals surface area contributed by atoms with Gasteiger partial charge in [-0.2, -0.15) is 5.10 Å². The molecular formula is C16H15ClN2O3S. The second-order valence-corrected chi connectivity index (χ2v) is 6.64. The Morgan fingerprint density at radius 3 is 2.87 bits per heavy atom. The molecule has 3 rings (SSSR count).